The summed E-state index contributed by atoms with van der Waals surface area (Å²) in [6.45, 7) is 3.86. The number of rotatable bonds is 3. The second kappa shape index (κ2) is 7.25. The van der Waals surface area contributed by atoms with E-state index in [0.29, 0.717) is 11.7 Å². The molecule has 4 rings (SSSR count). The zero-order valence-corrected chi connectivity index (χ0v) is 14.8. The third-order valence-electron chi connectivity index (χ3n) is 4.61. The summed E-state index contributed by atoms with van der Waals surface area (Å²) in [7, 11) is 0. The number of hydrogen-bond donors (Lipinski definition) is 3. The summed E-state index contributed by atoms with van der Waals surface area (Å²) in [6.07, 6.45) is 3.90. The van der Waals surface area contributed by atoms with Crippen molar-refractivity contribution in [3.05, 3.63) is 41.9 Å². The molecule has 1 aromatic carbocycles. The van der Waals surface area contributed by atoms with Gasteiger partial charge in [-0.25, -0.2) is 4.68 Å². The fraction of sp³-hybridized carbons (Fsp3) is 0.353. The Labute approximate surface area is 151 Å². The van der Waals surface area contributed by atoms with Crippen molar-refractivity contribution in [2.24, 2.45) is 0 Å². The van der Waals surface area contributed by atoms with Gasteiger partial charge >= 0.3 is 0 Å². The summed E-state index contributed by atoms with van der Waals surface area (Å²) in [6, 6.07) is 8.06. The number of hydrogen-bond acceptors (Lipinski definition) is 4. The minimum atomic E-state index is -0.220. The van der Waals surface area contributed by atoms with E-state index in [1.807, 2.05) is 42.1 Å². The number of anilines is 1. The Morgan fingerprint density at radius 1 is 1.28 bits per heavy atom. The second-order valence-corrected chi connectivity index (χ2v) is 6.18. The first kappa shape index (κ1) is 17.4. The van der Waals surface area contributed by atoms with Crippen LogP contribution in [0.1, 0.15) is 35.1 Å². The maximum atomic E-state index is 12.6. The first-order chi connectivity index (χ1) is 11.7. The molecular weight excluding hydrogens is 340 g/mol. The quantitative estimate of drug-likeness (QED) is 0.670. The van der Waals surface area contributed by atoms with Crippen LogP contribution in [0.5, 0.6) is 0 Å². The molecule has 0 aliphatic carbocycles. The number of amides is 1. The van der Waals surface area contributed by atoms with Crippen LogP contribution < -0.4 is 10.6 Å². The summed E-state index contributed by atoms with van der Waals surface area (Å²) in [4.78, 5) is 15.7. The van der Waals surface area contributed by atoms with E-state index in [-0.39, 0.29) is 18.3 Å². The maximum absolute atomic E-state index is 12.6. The van der Waals surface area contributed by atoms with Crippen LogP contribution in [-0.4, -0.2) is 39.0 Å². The zero-order chi connectivity index (χ0) is 16.5. The van der Waals surface area contributed by atoms with E-state index in [2.05, 4.69) is 25.9 Å². The van der Waals surface area contributed by atoms with Crippen molar-refractivity contribution in [3.63, 3.8) is 0 Å². The molecule has 0 spiro atoms. The van der Waals surface area contributed by atoms with Gasteiger partial charge in [0.15, 0.2) is 5.69 Å². The predicted molar refractivity (Wildman–Crippen MR) is 99.4 cm³/mol. The molecule has 0 radical (unpaired) electrons. The van der Waals surface area contributed by atoms with E-state index >= 15 is 0 Å². The van der Waals surface area contributed by atoms with Crippen molar-refractivity contribution in [3.8, 4) is 0 Å². The van der Waals surface area contributed by atoms with Crippen molar-refractivity contribution in [2.75, 3.05) is 18.4 Å². The first-order valence-corrected chi connectivity index (χ1v) is 8.23. The van der Waals surface area contributed by atoms with Crippen LogP contribution in [0, 0.1) is 6.92 Å². The number of piperidine rings is 1. The average Bonchev–Trinajstić information content (AvgIpc) is 3.21. The Hall–Kier alpha value is -2.38. The SMILES string of the molecule is Cc1c(C(=O)Nc2ccc3[nH]ccc3c2)nnn1C1CCNCC1.Cl. The molecule has 3 heterocycles. The fourth-order valence-corrected chi connectivity index (χ4v) is 3.27. The third-order valence-corrected chi connectivity index (χ3v) is 4.61. The zero-order valence-electron chi connectivity index (χ0n) is 14.0. The van der Waals surface area contributed by atoms with Gasteiger partial charge < -0.3 is 15.6 Å². The van der Waals surface area contributed by atoms with Crippen molar-refractivity contribution >= 4 is 34.9 Å². The van der Waals surface area contributed by atoms with E-state index in [9.17, 15) is 4.79 Å². The van der Waals surface area contributed by atoms with Gasteiger partial charge in [-0.2, -0.15) is 0 Å². The van der Waals surface area contributed by atoms with Crippen molar-refractivity contribution in [2.45, 2.75) is 25.8 Å². The van der Waals surface area contributed by atoms with E-state index in [1.54, 1.807) is 0 Å². The smallest absolute Gasteiger partial charge is 0.278 e. The Bertz CT molecular complexity index is 880. The van der Waals surface area contributed by atoms with E-state index in [1.165, 1.54) is 0 Å². The molecule has 0 bridgehead atoms. The number of halogens is 1. The number of nitrogens with zero attached hydrogens (tertiary/aromatic N) is 3. The second-order valence-electron chi connectivity index (χ2n) is 6.18. The Morgan fingerprint density at radius 2 is 2.08 bits per heavy atom. The molecule has 0 atom stereocenters. The van der Waals surface area contributed by atoms with Gasteiger partial charge in [0.1, 0.15) is 0 Å². The number of fused-ring (bicyclic) bond motifs is 1. The molecule has 1 amide bonds. The normalized spacial score (nSPS) is 15.1. The average molecular weight is 361 g/mol. The Kier molecular flexibility index (Phi) is 5.06. The third kappa shape index (κ3) is 3.38. The molecule has 3 aromatic rings. The van der Waals surface area contributed by atoms with Gasteiger partial charge in [0.2, 0.25) is 0 Å². The number of carbonyl (C=O) groups is 1. The number of H-pyrrole nitrogens is 1. The summed E-state index contributed by atoms with van der Waals surface area (Å²) < 4.78 is 1.89. The summed E-state index contributed by atoms with van der Waals surface area (Å²) in [5.74, 6) is -0.220. The van der Waals surface area contributed by atoms with Crippen LogP contribution in [0.25, 0.3) is 10.9 Å². The largest absolute Gasteiger partial charge is 0.361 e. The molecule has 2 aromatic heterocycles. The predicted octanol–water partition coefficient (Wildman–Crippen LogP) is 2.67. The summed E-state index contributed by atoms with van der Waals surface area (Å²) >= 11 is 0. The van der Waals surface area contributed by atoms with Crippen LogP contribution in [0.2, 0.25) is 0 Å². The van der Waals surface area contributed by atoms with Crippen molar-refractivity contribution in [1.29, 1.82) is 0 Å². The molecule has 1 saturated heterocycles. The first-order valence-electron chi connectivity index (χ1n) is 8.23. The highest BCUT2D eigenvalue weighted by Gasteiger charge is 2.22. The highest BCUT2D eigenvalue weighted by molar-refractivity contribution is 6.04. The molecule has 132 valence electrons. The van der Waals surface area contributed by atoms with Crippen molar-refractivity contribution in [1.82, 2.24) is 25.3 Å². The Morgan fingerprint density at radius 3 is 2.88 bits per heavy atom. The number of aromatic amines is 1. The lowest BCUT2D eigenvalue weighted by Crippen LogP contribution is -2.30. The molecule has 0 saturated carbocycles. The molecule has 1 aliphatic rings. The molecule has 3 N–H and O–H groups in total. The van der Waals surface area contributed by atoms with Gasteiger partial charge in [-0.15, -0.1) is 17.5 Å². The molecular formula is C17H21ClN6O. The van der Waals surface area contributed by atoms with Crippen LogP contribution in [-0.2, 0) is 0 Å². The van der Waals surface area contributed by atoms with Gasteiger partial charge in [0.05, 0.1) is 11.7 Å². The van der Waals surface area contributed by atoms with E-state index in [0.717, 1.165) is 48.2 Å². The van der Waals surface area contributed by atoms with E-state index in [4.69, 9.17) is 0 Å². The number of aromatic nitrogens is 4. The number of carbonyl (C=O) groups excluding carboxylic acids is 1. The molecule has 1 fully saturated rings. The van der Waals surface area contributed by atoms with Gasteiger partial charge in [-0.05, 0) is 57.1 Å². The standard InChI is InChI=1S/C17H20N6O.ClH/c1-11-16(21-22-23(11)14-5-7-18-8-6-14)17(24)20-13-2-3-15-12(10-13)4-9-19-15;/h2-4,9-10,14,18-19H,5-8H2,1H3,(H,20,24);1H. The molecule has 1 aliphatic heterocycles. The molecule has 7 nitrogen and oxygen atoms in total. The molecule has 8 heteroatoms. The minimum Gasteiger partial charge on any atom is -0.361 e. The lowest BCUT2D eigenvalue weighted by Gasteiger charge is -2.23. The highest BCUT2D eigenvalue weighted by Crippen LogP contribution is 2.22. The van der Waals surface area contributed by atoms with Crippen LogP contribution in [0.4, 0.5) is 5.69 Å². The molecule has 0 unspecified atom stereocenters. The van der Waals surface area contributed by atoms with Gasteiger partial charge in [0, 0.05) is 22.8 Å². The van der Waals surface area contributed by atoms with Gasteiger partial charge in [0.25, 0.3) is 5.91 Å². The topological polar surface area (TPSA) is 87.6 Å². The van der Waals surface area contributed by atoms with E-state index < -0.39 is 0 Å². The fourth-order valence-electron chi connectivity index (χ4n) is 3.27. The molecule has 25 heavy (non-hydrogen) atoms. The lowest BCUT2D eigenvalue weighted by molar-refractivity contribution is 0.102. The van der Waals surface area contributed by atoms with Gasteiger partial charge in [-0.1, -0.05) is 5.21 Å². The monoisotopic (exact) mass is 360 g/mol. The van der Waals surface area contributed by atoms with Crippen LogP contribution >= 0.6 is 12.4 Å². The Balaban J connectivity index is 0.00000182. The highest BCUT2D eigenvalue weighted by atomic mass is 35.5. The minimum absolute atomic E-state index is 0. The van der Waals surface area contributed by atoms with Crippen LogP contribution in [0.15, 0.2) is 30.5 Å². The van der Waals surface area contributed by atoms with Crippen LogP contribution in [0.3, 0.4) is 0 Å². The lowest BCUT2D eigenvalue weighted by atomic mass is 10.1. The van der Waals surface area contributed by atoms with Crippen molar-refractivity contribution < 1.29 is 4.79 Å². The maximum Gasteiger partial charge on any atom is 0.278 e. The number of benzene rings is 1. The number of nitrogens with one attached hydrogen (secondary N) is 3. The summed E-state index contributed by atoms with van der Waals surface area (Å²) in [5.41, 5.74) is 3.01. The van der Waals surface area contributed by atoms with Gasteiger partial charge in [-0.3, -0.25) is 4.79 Å². The summed E-state index contributed by atoms with van der Waals surface area (Å²) in [5, 5.41) is 15.6.